The smallest absolute Gasteiger partial charge is 0.255 e. The fraction of sp³-hybridized carbons (Fsp3) is 0.350. The number of likely N-dealkylation sites (N-methyl/N-ethyl adjacent to an activating group) is 1. The van der Waals surface area contributed by atoms with E-state index in [2.05, 4.69) is 17.1 Å². The van der Waals surface area contributed by atoms with E-state index in [1.807, 2.05) is 25.1 Å². The van der Waals surface area contributed by atoms with Gasteiger partial charge in [0.15, 0.2) is 0 Å². The van der Waals surface area contributed by atoms with Gasteiger partial charge in [-0.2, -0.15) is 4.31 Å². The molecule has 1 N–H and O–H groups in total. The molecule has 2 aromatic rings. The van der Waals surface area contributed by atoms with Gasteiger partial charge in [0.2, 0.25) is 10.0 Å². The first kappa shape index (κ1) is 19.5. The van der Waals surface area contributed by atoms with Crippen LogP contribution in [-0.2, 0) is 10.0 Å². The van der Waals surface area contributed by atoms with Crippen LogP contribution in [0.5, 0.6) is 0 Å². The minimum Gasteiger partial charge on any atom is -0.322 e. The van der Waals surface area contributed by atoms with Gasteiger partial charge in [-0.05, 0) is 49.4 Å². The first-order chi connectivity index (χ1) is 12.9. The molecule has 0 spiro atoms. The van der Waals surface area contributed by atoms with Crippen molar-refractivity contribution in [1.82, 2.24) is 9.21 Å². The maximum atomic E-state index is 12.9. The van der Waals surface area contributed by atoms with E-state index in [1.54, 1.807) is 24.3 Å². The summed E-state index contributed by atoms with van der Waals surface area (Å²) in [7, 11) is -3.60. The standard InChI is InChI=1S/C20H25N3O3S/c1-3-22-10-12-23(13-11-22)27(25,26)19-9-5-7-17(15-19)20(24)21-18-8-4-6-16(2)14-18/h4-9,14-15H,3,10-13H2,1-2H3,(H,21,24). The van der Waals surface area contributed by atoms with Crippen LogP contribution in [-0.4, -0.2) is 56.3 Å². The van der Waals surface area contributed by atoms with Crippen LogP contribution in [0.4, 0.5) is 5.69 Å². The molecule has 0 aliphatic carbocycles. The van der Waals surface area contributed by atoms with E-state index in [9.17, 15) is 13.2 Å². The third-order valence-electron chi connectivity index (χ3n) is 4.79. The first-order valence-electron chi connectivity index (χ1n) is 9.11. The van der Waals surface area contributed by atoms with E-state index in [0.29, 0.717) is 24.3 Å². The number of carbonyl (C=O) groups excluding carboxylic acids is 1. The molecule has 3 rings (SSSR count). The quantitative estimate of drug-likeness (QED) is 0.856. The van der Waals surface area contributed by atoms with Crippen molar-refractivity contribution in [3.63, 3.8) is 0 Å². The van der Waals surface area contributed by atoms with Crippen LogP contribution in [0, 0.1) is 6.92 Å². The maximum absolute atomic E-state index is 12.9. The van der Waals surface area contributed by atoms with Crippen LogP contribution in [0.1, 0.15) is 22.8 Å². The van der Waals surface area contributed by atoms with Gasteiger partial charge in [0, 0.05) is 37.4 Å². The van der Waals surface area contributed by atoms with E-state index >= 15 is 0 Å². The average Bonchev–Trinajstić information content (AvgIpc) is 2.68. The van der Waals surface area contributed by atoms with Gasteiger partial charge in [-0.25, -0.2) is 8.42 Å². The Hall–Kier alpha value is -2.22. The zero-order valence-corrected chi connectivity index (χ0v) is 16.5. The van der Waals surface area contributed by atoms with Crippen LogP contribution in [0.15, 0.2) is 53.4 Å². The fourth-order valence-corrected chi connectivity index (χ4v) is 4.63. The van der Waals surface area contributed by atoms with Crippen molar-refractivity contribution in [2.24, 2.45) is 0 Å². The molecular formula is C20H25N3O3S. The second-order valence-electron chi connectivity index (χ2n) is 6.69. The number of anilines is 1. The summed E-state index contributed by atoms with van der Waals surface area (Å²) in [5.74, 6) is -0.326. The molecule has 0 radical (unpaired) electrons. The van der Waals surface area contributed by atoms with E-state index in [1.165, 1.54) is 10.4 Å². The number of benzene rings is 2. The predicted octanol–water partition coefficient (Wildman–Crippen LogP) is 2.57. The molecular weight excluding hydrogens is 362 g/mol. The highest BCUT2D eigenvalue weighted by Crippen LogP contribution is 2.20. The van der Waals surface area contributed by atoms with E-state index < -0.39 is 10.0 Å². The van der Waals surface area contributed by atoms with Gasteiger partial charge >= 0.3 is 0 Å². The largest absolute Gasteiger partial charge is 0.322 e. The summed E-state index contributed by atoms with van der Waals surface area (Å²) in [6.07, 6.45) is 0. The fourth-order valence-electron chi connectivity index (χ4n) is 3.16. The monoisotopic (exact) mass is 387 g/mol. The minimum absolute atomic E-state index is 0.157. The van der Waals surface area contributed by atoms with Crippen LogP contribution >= 0.6 is 0 Å². The molecule has 27 heavy (non-hydrogen) atoms. The number of nitrogens with one attached hydrogen (secondary N) is 1. The van der Waals surface area contributed by atoms with E-state index in [-0.39, 0.29) is 10.8 Å². The van der Waals surface area contributed by atoms with Crippen LogP contribution in [0.2, 0.25) is 0 Å². The zero-order chi connectivity index (χ0) is 19.4. The van der Waals surface area contributed by atoms with Crippen molar-refractivity contribution < 1.29 is 13.2 Å². The molecule has 1 aliphatic rings. The number of hydrogen-bond acceptors (Lipinski definition) is 4. The number of aryl methyl sites for hydroxylation is 1. The van der Waals surface area contributed by atoms with Gasteiger partial charge in [0.05, 0.1) is 4.90 Å². The number of amides is 1. The summed E-state index contributed by atoms with van der Waals surface area (Å²) < 4.78 is 27.4. The average molecular weight is 388 g/mol. The summed E-state index contributed by atoms with van der Waals surface area (Å²) in [5, 5.41) is 2.82. The van der Waals surface area contributed by atoms with Gasteiger partial charge in [0.1, 0.15) is 0 Å². The van der Waals surface area contributed by atoms with Crippen molar-refractivity contribution in [2.45, 2.75) is 18.7 Å². The highest BCUT2D eigenvalue weighted by Gasteiger charge is 2.28. The summed E-state index contributed by atoms with van der Waals surface area (Å²) in [5.41, 5.74) is 2.05. The molecule has 0 atom stereocenters. The highest BCUT2D eigenvalue weighted by atomic mass is 32.2. The lowest BCUT2D eigenvalue weighted by Crippen LogP contribution is -2.48. The van der Waals surface area contributed by atoms with Gasteiger partial charge in [-0.3, -0.25) is 4.79 Å². The van der Waals surface area contributed by atoms with Gasteiger partial charge < -0.3 is 10.2 Å². The van der Waals surface area contributed by atoms with Crippen molar-refractivity contribution in [3.05, 3.63) is 59.7 Å². The second kappa shape index (κ2) is 8.21. The molecule has 0 unspecified atom stereocenters. The van der Waals surface area contributed by atoms with Crippen molar-refractivity contribution >= 4 is 21.6 Å². The SMILES string of the molecule is CCN1CCN(S(=O)(=O)c2cccc(C(=O)Nc3cccc(C)c3)c2)CC1. The van der Waals surface area contributed by atoms with Gasteiger partial charge in [-0.1, -0.05) is 25.1 Å². The van der Waals surface area contributed by atoms with Crippen LogP contribution < -0.4 is 5.32 Å². The Bertz CT molecular complexity index is 920. The molecule has 1 fully saturated rings. The molecule has 0 aromatic heterocycles. The lowest BCUT2D eigenvalue weighted by Gasteiger charge is -2.33. The minimum atomic E-state index is -3.60. The molecule has 144 valence electrons. The normalized spacial score (nSPS) is 16.2. The number of nitrogens with zero attached hydrogens (tertiary/aromatic N) is 2. The second-order valence-corrected chi connectivity index (χ2v) is 8.63. The summed E-state index contributed by atoms with van der Waals surface area (Å²) in [6, 6.07) is 13.7. The predicted molar refractivity (Wildman–Crippen MR) is 106 cm³/mol. The Morgan fingerprint density at radius 2 is 1.74 bits per heavy atom. The summed E-state index contributed by atoms with van der Waals surface area (Å²) >= 11 is 0. The third-order valence-corrected chi connectivity index (χ3v) is 6.68. The Labute approximate surface area is 160 Å². The Morgan fingerprint density at radius 3 is 2.41 bits per heavy atom. The lowest BCUT2D eigenvalue weighted by molar-refractivity contribution is 0.102. The molecule has 1 amide bonds. The maximum Gasteiger partial charge on any atom is 0.255 e. The molecule has 6 nitrogen and oxygen atoms in total. The molecule has 2 aromatic carbocycles. The van der Waals surface area contributed by atoms with Crippen molar-refractivity contribution in [1.29, 1.82) is 0 Å². The first-order valence-corrected chi connectivity index (χ1v) is 10.5. The van der Waals surface area contributed by atoms with Crippen LogP contribution in [0.3, 0.4) is 0 Å². The summed E-state index contributed by atoms with van der Waals surface area (Å²) in [4.78, 5) is 14.9. The Morgan fingerprint density at radius 1 is 1.04 bits per heavy atom. The third kappa shape index (κ3) is 4.55. The topological polar surface area (TPSA) is 69.7 Å². The Kier molecular flexibility index (Phi) is 5.94. The highest BCUT2D eigenvalue weighted by molar-refractivity contribution is 7.89. The Balaban J connectivity index is 1.77. The van der Waals surface area contributed by atoms with Crippen LogP contribution in [0.25, 0.3) is 0 Å². The van der Waals surface area contributed by atoms with Crippen molar-refractivity contribution in [3.8, 4) is 0 Å². The van der Waals surface area contributed by atoms with E-state index in [4.69, 9.17) is 0 Å². The van der Waals surface area contributed by atoms with E-state index in [0.717, 1.165) is 25.2 Å². The van der Waals surface area contributed by atoms with Crippen molar-refractivity contribution in [2.75, 3.05) is 38.0 Å². The molecule has 0 saturated carbocycles. The van der Waals surface area contributed by atoms with Gasteiger partial charge in [0.25, 0.3) is 5.91 Å². The molecule has 7 heteroatoms. The lowest BCUT2D eigenvalue weighted by atomic mass is 10.2. The number of rotatable bonds is 5. The number of piperazine rings is 1. The number of carbonyl (C=O) groups is 1. The number of hydrogen-bond donors (Lipinski definition) is 1. The summed E-state index contributed by atoms with van der Waals surface area (Å²) in [6.45, 7) is 7.32. The number of sulfonamides is 1. The molecule has 1 aliphatic heterocycles. The van der Waals surface area contributed by atoms with Gasteiger partial charge in [-0.15, -0.1) is 0 Å². The molecule has 0 bridgehead atoms. The molecule has 1 saturated heterocycles. The molecule has 1 heterocycles. The zero-order valence-electron chi connectivity index (χ0n) is 15.7.